The van der Waals surface area contributed by atoms with Crippen molar-refractivity contribution in [2.75, 3.05) is 19.7 Å². The summed E-state index contributed by atoms with van der Waals surface area (Å²) in [6.45, 7) is 7.06. The van der Waals surface area contributed by atoms with Crippen molar-refractivity contribution in [3.8, 4) is 0 Å². The Hall–Kier alpha value is -1.66. The molecule has 0 amide bonds. The normalized spacial score (nSPS) is 28.5. The summed E-state index contributed by atoms with van der Waals surface area (Å²) in [5, 5.41) is 0. The van der Waals surface area contributed by atoms with E-state index in [2.05, 4.69) is 6.92 Å². The fourth-order valence-electron chi connectivity index (χ4n) is 3.73. The maximum Gasteiger partial charge on any atom is 0.330 e. The molecule has 1 heterocycles. The number of rotatable bonds is 4. The molecule has 3 rings (SSSR count). The van der Waals surface area contributed by atoms with Crippen LogP contribution in [0.3, 0.4) is 0 Å². The van der Waals surface area contributed by atoms with Crippen LogP contribution in [-0.4, -0.2) is 38.4 Å². The summed E-state index contributed by atoms with van der Waals surface area (Å²) in [6, 6.07) is 6.93. The molecule has 0 unspecified atom stereocenters. The molecule has 6 heteroatoms. The molecule has 1 aromatic carbocycles. The molecule has 0 bridgehead atoms. The van der Waals surface area contributed by atoms with Crippen LogP contribution in [0.15, 0.2) is 40.8 Å². The molecular formula is C18H23NO4S. The van der Waals surface area contributed by atoms with Crippen LogP contribution >= 0.6 is 0 Å². The van der Waals surface area contributed by atoms with Crippen LogP contribution in [0.5, 0.6) is 0 Å². The summed E-state index contributed by atoms with van der Waals surface area (Å²) < 4.78 is 32.2. The number of hydrogen-bond acceptors (Lipinski definition) is 4. The number of aryl methyl sites for hydroxylation is 1. The Morgan fingerprint density at radius 1 is 1.38 bits per heavy atom. The molecule has 2 fully saturated rings. The van der Waals surface area contributed by atoms with Gasteiger partial charge in [0.1, 0.15) is 0 Å². The van der Waals surface area contributed by atoms with Crippen LogP contribution in [0.1, 0.15) is 25.8 Å². The predicted molar refractivity (Wildman–Crippen MR) is 90.9 cm³/mol. The molecular weight excluding hydrogens is 326 g/mol. The minimum absolute atomic E-state index is 0.0872. The fourth-order valence-corrected chi connectivity index (χ4v) is 5.32. The zero-order valence-electron chi connectivity index (χ0n) is 14.3. The average Bonchev–Trinajstić information content (AvgIpc) is 2.78. The van der Waals surface area contributed by atoms with E-state index in [1.165, 1.54) is 6.08 Å². The quantitative estimate of drug-likeness (QED) is 0.619. The lowest BCUT2D eigenvalue weighted by atomic mass is 9.60. The molecule has 5 nitrogen and oxygen atoms in total. The smallest absolute Gasteiger partial charge is 0.330 e. The van der Waals surface area contributed by atoms with Gasteiger partial charge < -0.3 is 4.74 Å². The zero-order chi connectivity index (χ0) is 17.5. The summed E-state index contributed by atoms with van der Waals surface area (Å²) in [6.07, 6.45) is 2.29. The monoisotopic (exact) mass is 349 g/mol. The molecule has 2 aliphatic rings. The molecule has 0 aromatic heterocycles. The van der Waals surface area contributed by atoms with Crippen molar-refractivity contribution in [1.29, 1.82) is 0 Å². The highest BCUT2D eigenvalue weighted by Crippen LogP contribution is 2.56. The zero-order valence-corrected chi connectivity index (χ0v) is 15.1. The standard InChI is InChI=1S/C18H23NO4S/c1-4-23-17(20)9-14-10-18(3)12-19(11-16(14)18)24(21,22)15-7-5-13(2)6-8-15/h5-9,16H,4,10-12H2,1-3H3/b14-9-/t16-,18-/m0/s1. The highest BCUT2D eigenvalue weighted by atomic mass is 32.2. The Morgan fingerprint density at radius 3 is 2.67 bits per heavy atom. The number of fused-ring (bicyclic) bond motifs is 1. The Bertz CT molecular complexity index is 782. The van der Waals surface area contributed by atoms with Gasteiger partial charge in [-0.25, -0.2) is 13.2 Å². The van der Waals surface area contributed by atoms with Gasteiger partial charge in [0, 0.05) is 25.1 Å². The molecule has 130 valence electrons. The van der Waals surface area contributed by atoms with E-state index in [-0.39, 0.29) is 17.3 Å². The molecule has 1 aliphatic heterocycles. The van der Waals surface area contributed by atoms with Crippen molar-refractivity contribution in [3.05, 3.63) is 41.5 Å². The van der Waals surface area contributed by atoms with Crippen molar-refractivity contribution >= 4 is 16.0 Å². The number of carbonyl (C=O) groups excluding carboxylic acids is 1. The third kappa shape index (κ3) is 2.89. The van der Waals surface area contributed by atoms with Gasteiger partial charge in [-0.2, -0.15) is 4.31 Å². The lowest BCUT2D eigenvalue weighted by Gasteiger charge is -2.43. The van der Waals surface area contributed by atoms with E-state index < -0.39 is 10.0 Å². The number of esters is 1. The second kappa shape index (κ2) is 6.01. The summed E-state index contributed by atoms with van der Waals surface area (Å²) in [7, 11) is -3.49. The third-order valence-electron chi connectivity index (χ3n) is 5.07. The molecule has 0 N–H and O–H groups in total. The minimum atomic E-state index is -3.49. The van der Waals surface area contributed by atoms with Crippen molar-refractivity contribution in [2.45, 2.75) is 32.1 Å². The molecule has 1 aromatic rings. The number of carbonyl (C=O) groups is 1. The predicted octanol–water partition coefficient (Wildman–Crippen LogP) is 2.52. The summed E-state index contributed by atoms with van der Waals surface area (Å²) in [4.78, 5) is 12.0. The van der Waals surface area contributed by atoms with Crippen LogP contribution in [-0.2, 0) is 19.6 Å². The van der Waals surface area contributed by atoms with Gasteiger partial charge in [-0.15, -0.1) is 0 Å². The van der Waals surface area contributed by atoms with Gasteiger partial charge in [0.25, 0.3) is 0 Å². The Morgan fingerprint density at radius 2 is 2.04 bits per heavy atom. The Kier molecular flexibility index (Phi) is 4.30. The summed E-state index contributed by atoms with van der Waals surface area (Å²) >= 11 is 0. The van der Waals surface area contributed by atoms with Crippen LogP contribution in [0, 0.1) is 18.3 Å². The van der Waals surface area contributed by atoms with Gasteiger partial charge in [0.2, 0.25) is 10.0 Å². The first-order chi connectivity index (χ1) is 11.3. The highest BCUT2D eigenvalue weighted by molar-refractivity contribution is 7.89. The summed E-state index contributed by atoms with van der Waals surface area (Å²) in [5.41, 5.74) is 1.94. The Labute approximate surface area is 143 Å². The van der Waals surface area contributed by atoms with E-state index in [0.717, 1.165) is 17.6 Å². The first kappa shape index (κ1) is 17.2. The number of benzene rings is 1. The first-order valence-corrected chi connectivity index (χ1v) is 9.64. The Balaban J connectivity index is 1.79. The van der Waals surface area contributed by atoms with Crippen LogP contribution in [0.2, 0.25) is 0 Å². The van der Waals surface area contributed by atoms with E-state index in [1.54, 1.807) is 23.4 Å². The van der Waals surface area contributed by atoms with Gasteiger partial charge in [-0.1, -0.05) is 30.2 Å². The minimum Gasteiger partial charge on any atom is -0.463 e. The molecule has 1 aliphatic carbocycles. The van der Waals surface area contributed by atoms with E-state index in [4.69, 9.17) is 4.74 Å². The van der Waals surface area contributed by atoms with Gasteiger partial charge in [0.05, 0.1) is 11.5 Å². The van der Waals surface area contributed by atoms with Crippen LogP contribution in [0.4, 0.5) is 0 Å². The molecule has 0 spiro atoms. The summed E-state index contributed by atoms with van der Waals surface area (Å²) in [5.74, 6) is -0.239. The fraction of sp³-hybridized carbons (Fsp3) is 0.500. The number of hydrogen-bond donors (Lipinski definition) is 0. The second-order valence-electron chi connectivity index (χ2n) is 6.97. The lowest BCUT2D eigenvalue weighted by molar-refractivity contribution is -0.137. The molecule has 0 radical (unpaired) electrons. The van der Waals surface area contributed by atoms with Gasteiger partial charge >= 0.3 is 5.97 Å². The largest absolute Gasteiger partial charge is 0.463 e. The van der Waals surface area contributed by atoms with Gasteiger partial charge in [-0.3, -0.25) is 0 Å². The van der Waals surface area contributed by atoms with Gasteiger partial charge in [-0.05, 0) is 37.8 Å². The van der Waals surface area contributed by atoms with E-state index >= 15 is 0 Å². The number of sulfonamides is 1. The highest BCUT2D eigenvalue weighted by Gasteiger charge is 2.55. The molecule has 1 saturated heterocycles. The number of nitrogens with zero attached hydrogens (tertiary/aromatic N) is 1. The molecule has 2 atom stereocenters. The topological polar surface area (TPSA) is 63.7 Å². The third-order valence-corrected chi connectivity index (χ3v) is 6.90. The van der Waals surface area contributed by atoms with E-state index in [1.807, 2.05) is 19.1 Å². The average molecular weight is 349 g/mol. The number of ether oxygens (including phenoxy) is 1. The molecule has 1 saturated carbocycles. The van der Waals surface area contributed by atoms with Crippen molar-refractivity contribution < 1.29 is 17.9 Å². The van der Waals surface area contributed by atoms with Gasteiger partial charge in [0.15, 0.2) is 0 Å². The second-order valence-corrected chi connectivity index (χ2v) is 8.90. The van der Waals surface area contributed by atoms with Crippen molar-refractivity contribution in [1.82, 2.24) is 4.31 Å². The van der Waals surface area contributed by atoms with E-state index in [9.17, 15) is 13.2 Å². The van der Waals surface area contributed by atoms with Crippen molar-refractivity contribution in [3.63, 3.8) is 0 Å². The molecule has 24 heavy (non-hydrogen) atoms. The van der Waals surface area contributed by atoms with Crippen molar-refractivity contribution in [2.24, 2.45) is 11.3 Å². The lowest BCUT2D eigenvalue weighted by Crippen LogP contribution is -2.39. The maximum atomic E-state index is 12.9. The van der Waals surface area contributed by atoms with Crippen LogP contribution in [0.25, 0.3) is 0 Å². The van der Waals surface area contributed by atoms with E-state index in [0.29, 0.717) is 24.6 Å². The SMILES string of the molecule is CCOC(=O)/C=C1/C[C@@]2(C)CN(S(=O)(=O)c3ccc(C)cc3)C[C@@H]12. The van der Waals surface area contributed by atoms with Crippen LogP contribution < -0.4 is 0 Å². The maximum absolute atomic E-state index is 12.9. The first-order valence-electron chi connectivity index (χ1n) is 8.20.